The molecule has 1 aliphatic heterocycles. The number of aromatic nitrogens is 2. The molecule has 4 rings (SSSR count). The highest BCUT2D eigenvalue weighted by atomic mass is 16.5. The van der Waals surface area contributed by atoms with E-state index in [0.29, 0.717) is 43.4 Å². The lowest BCUT2D eigenvalue weighted by atomic mass is 10.1. The second-order valence-electron chi connectivity index (χ2n) is 8.67. The number of anilines is 1. The maximum Gasteiger partial charge on any atom is 0.259 e. The fourth-order valence-corrected chi connectivity index (χ4v) is 4.24. The summed E-state index contributed by atoms with van der Waals surface area (Å²) in [6, 6.07) is 18.5. The number of hydrogen-bond acceptors (Lipinski definition) is 6. The number of rotatable bonds is 9. The summed E-state index contributed by atoms with van der Waals surface area (Å²) in [5.41, 5.74) is 3.91. The number of fused-ring (bicyclic) bond motifs is 1. The first-order valence-electron chi connectivity index (χ1n) is 11.8. The molecule has 0 aliphatic carbocycles. The number of aryl methyl sites for hydroxylation is 1. The molecule has 34 heavy (non-hydrogen) atoms. The number of likely N-dealkylation sites (N-methyl/N-ethyl adjacent to an activating group) is 1. The standard InChI is InChI=1S/C27H33N5O2/c1-20-29-17-24-26(30-20)31(3)15-16-32(27(24)33)18-22-11-7-8-12-23(22)19-34-25(13-14-28-2)21-9-5-4-6-10-21/h4-12,17,25,28H,13-16,18-19H2,1-3H3. The molecule has 1 unspecified atom stereocenters. The van der Waals surface area contributed by atoms with Crippen molar-refractivity contribution in [2.24, 2.45) is 0 Å². The maximum atomic E-state index is 13.4. The van der Waals surface area contributed by atoms with Crippen LogP contribution in [-0.4, -0.2) is 54.5 Å². The Labute approximate surface area is 201 Å². The Hall–Kier alpha value is -3.29. The van der Waals surface area contributed by atoms with Crippen LogP contribution in [0.5, 0.6) is 0 Å². The van der Waals surface area contributed by atoms with Crippen LogP contribution in [0.15, 0.2) is 60.8 Å². The van der Waals surface area contributed by atoms with E-state index in [1.165, 1.54) is 5.56 Å². The molecule has 0 fully saturated rings. The van der Waals surface area contributed by atoms with Gasteiger partial charge in [0.25, 0.3) is 5.91 Å². The van der Waals surface area contributed by atoms with Gasteiger partial charge in [-0.3, -0.25) is 4.79 Å². The fourth-order valence-electron chi connectivity index (χ4n) is 4.24. The molecule has 0 spiro atoms. The van der Waals surface area contributed by atoms with Crippen molar-refractivity contribution in [3.63, 3.8) is 0 Å². The maximum absolute atomic E-state index is 13.4. The predicted molar refractivity (Wildman–Crippen MR) is 134 cm³/mol. The Balaban J connectivity index is 1.51. The molecule has 1 amide bonds. The van der Waals surface area contributed by atoms with Crippen molar-refractivity contribution < 1.29 is 9.53 Å². The van der Waals surface area contributed by atoms with Gasteiger partial charge in [0.1, 0.15) is 17.2 Å². The molecule has 1 atom stereocenters. The van der Waals surface area contributed by atoms with Crippen LogP contribution in [0, 0.1) is 6.92 Å². The summed E-state index contributed by atoms with van der Waals surface area (Å²) in [4.78, 5) is 26.1. The Bertz CT molecular complexity index is 1110. The molecule has 178 valence electrons. The van der Waals surface area contributed by atoms with E-state index in [2.05, 4.69) is 39.6 Å². The molecule has 7 heteroatoms. The first-order valence-corrected chi connectivity index (χ1v) is 11.8. The summed E-state index contributed by atoms with van der Waals surface area (Å²) in [7, 11) is 3.93. The third-order valence-electron chi connectivity index (χ3n) is 6.22. The van der Waals surface area contributed by atoms with Crippen LogP contribution >= 0.6 is 0 Å². The van der Waals surface area contributed by atoms with Crippen LogP contribution in [0.25, 0.3) is 0 Å². The summed E-state index contributed by atoms with van der Waals surface area (Å²) in [5.74, 6) is 1.33. The van der Waals surface area contributed by atoms with Gasteiger partial charge in [-0.1, -0.05) is 54.6 Å². The van der Waals surface area contributed by atoms with Crippen LogP contribution in [-0.2, 0) is 17.9 Å². The molecule has 1 aliphatic rings. The molecule has 0 saturated heterocycles. The van der Waals surface area contributed by atoms with Gasteiger partial charge in [-0.05, 0) is 43.6 Å². The van der Waals surface area contributed by atoms with Gasteiger partial charge in [-0.25, -0.2) is 9.97 Å². The van der Waals surface area contributed by atoms with E-state index in [1.54, 1.807) is 6.20 Å². The van der Waals surface area contributed by atoms with Gasteiger partial charge in [0.2, 0.25) is 0 Å². The monoisotopic (exact) mass is 459 g/mol. The Morgan fingerprint density at radius 3 is 2.56 bits per heavy atom. The summed E-state index contributed by atoms with van der Waals surface area (Å²) < 4.78 is 6.41. The number of benzene rings is 2. The SMILES string of the molecule is CNCCC(OCc1ccccc1CN1CCN(C)c2nc(C)ncc2C1=O)c1ccccc1. The van der Waals surface area contributed by atoms with Crippen LogP contribution in [0.4, 0.5) is 5.82 Å². The highest BCUT2D eigenvalue weighted by molar-refractivity contribution is 5.99. The number of nitrogens with one attached hydrogen (secondary N) is 1. The predicted octanol–water partition coefficient (Wildman–Crippen LogP) is 3.74. The van der Waals surface area contributed by atoms with E-state index in [-0.39, 0.29) is 12.0 Å². The number of hydrogen-bond donors (Lipinski definition) is 1. The summed E-state index contributed by atoms with van der Waals surface area (Å²) in [5, 5.41) is 3.22. The van der Waals surface area contributed by atoms with E-state index >= 15 is 0 Å². The smallest absolute Gasteiger partial charge is 0.259 e. The van der Waals surface area contributed by atoms with Crippen molar-refractivity contribution in [2.75, 3.05) is 38.6 Å². The lowest BCUT2D eigenvalue weighted by Crippen LogP contribution is -2.33. The van der Waals surface area contributed by atoms with Gasteiger partial charge >= 0.3 is 0 Å². The average molecular weight is 460 g/mol. The largest absolute Gasteiger partial charge is 0.369 e. The van der Waals surface area contributed by atoms with Crippen LogP contribution in [0.2, 0.25) is 0 Å². The Kier molecular flexibility index (Phi) is 7.87. The van der Waals surface area contributed by atoms with Crippen LogP contribution < -0.4 is 10.2 Å². The van der Waals surface area contributed by atoms with Crippen molar-refractivity contribution in [2.45, 2.75) is 32.6 Å². The summed E-state index contributed by atoms with van der Waals surface area (Å²) in [6.45, 7) is 5.06. The topological polar surface area (TPSA) is 70.6 Å². The van der Waals surface area contributed by atoms with Crippen molar-refractivity contribution in [1.29, 1.82) is 0 Å². The van der Waals surface area contributed by atoms with Gasteiger partial charge in [-0.15, -0.1) is 0 Å². The van der Waals surface area contributed by atoms with Crippen molar-refractivity contribution in [3.05, 3.63) is 88.9 Å². The molecular formula is C27H33N5O2. The molecule has 3 aromatic rings. The van der Waals surface area contributed by atoms with Gasteiger partial charge in [0.15, 0.2) is 0 Å². The van der Waals surface area contributed by atoms with E-state index in [0.717, 1.165) is 24.1 Å². The second kappa shape index (κ2) is 11.2. The highest BCUT2D eigenvalue weighted by Crippen LogP contribution is 2.26. The molecule has 0 saturated carbocycles. The normalized spacial score (nSPS) is 14.6. The minimum atomic E-state index is -0.0359. The van der Waals surface area contributed by atoms with Gasteiger partial charge in [-0.2, -0.15) is 0 Å². The van der Waals surface area contributed by atoms with E-state index in [1.807, 2.05) is 61.2 Å². The van der Waals surface area contributed by atoms with Crippen molar-refractivity contribution in [1.82, 2.24) is 20.2 Å². The minimum absolute atomic E-state index is 0.00226. The lowest BCUT2D eigenvalue weighted by Gasteiger charge is -2.24. The molecule has 7 nitrogen and oxygen atoms in total. The molecule has 1 N–H and O–H groups in total. The fraction of sp³-hybridized carbons (Fsp3) is 0.370. The number of ether oxygens (including phenoxy) is 1. The Morgan fingerprint density at radius 2 is 1.79 bits per heavy atom. The second-order valence-corrected chi connectivity index (χ2v) is 8.67. The zero-order valence-electron chi connectivity index (χ0n) is 20.2. The molecule has 2 aromatic carbocycles. The summed E-state index contributed by atoms with van der Waals surface area (Å²) in [6.07, 6.45) is 2.54. The highest BCUT2D eigenvalue weighted by Gasteiger charge is 2.27. The lowest BCUT2D eigenvalue weighted by molar-refractivity contribution is 0.0336. The third kappa shape index (κ3) is 5.61. The van der Waals surface area contributed by atoms with Gasteiger partial charge in [0, 0.05) is 32.9 Å². The van der Waals surface area contributed by atoms with E-state index in [9.17, 15) is 4.79 Å². The zero-order valence-corrected chi connectivity index (χ0v) is 20.2. The molecular weight excluding hydrogens is 426 g/mol. The van der Waals surface area contributed by atoms with E-state index < -0.39 is 0 Å². The Morgan fingerprint density at radius 1 is 1.06 bits per heavy atom. The minimum Gasteiger partial charge on any atom is -0.369 e. The van der Waals surface area contributed by atoms with Crippen molar-refractivity contribution >= 4 is 11.7 Å². The molecule has 1 aromatic heterocycles. The number of carbonyl (C=O) groups is 1. The summed E-state index contributed by atoms with van der Waals surface area (Å²) >= 11 is 0. The van der Waals surface area contributed by atoms with Crippen LogP contribution in [0.3, 0.4) is 0 Å². The number of carbonyl (C=O) groups excluding carboxylic acids is 1. The van der Waals surface area contributed by atoms with Gasteiger partial charge < -0.3 is 19.9 Å². The van der Waals surface area contributed by atoms with Gasteiger partial charge in [0.05, 0.1) is 12.7 Å². The molecule has 0 bridgehead atoms. The first-order chi connectivity index (χ1) is 16.6. The number of amides is 1. The van der Waals surface area contributed by atoms with Crippen LogP contribution in [0.1, 0.15) is 45.4 Å². The quantitative estimate of drug-likeness (QED) is 0.526. The molecule has 0 radical (unpaired) electrons. The average Bonchev–Trinajstić information content (AvgIpc) is 2.97. The zero-order chi connectivity index (χ0) is 23.9. The number of nitrogens with zero attached hydrogens (tertiary/aromatic N) is 4. The molecule has 2 heterocycles. The first kappa shape index (κ1) is 23.9. The third-order valence-corrected chi connectivity index (χ3v) is 6.22. The van der Waals surface area contributed by atoms with E-state index in [4.69, 9.17) is 4.74 Å². The van der Waals surface area contributed by atoms with Crippen molar-refractivity contribution in [3.8, 4) is 0 Å².